The van der Waals surface area contributed by atoms with E-state index in [0.29, 0.717) is 11.6 Å². The maximum absolute atomic E-state index is 11.5. The number of rotatable bonds is 3. The van der Waals surface area contributed by atoms with Crippen LogP contribution in [0.2, 0.25) is 0 Å². The van der Waals surface area contributed by atoms with E-state index in [-0.39, 0.29) is 11.7 Å². The lowest BCUT2D eigenvalue weighted by molar-refractivity contribution is -0.117. The maximum atomic E-state index is 11.5. The average Bonchev–Trinajstić information content (AvgIpc) is 2.74. The topological polar surface area (TPSA) is 56.0 Å². The smallest absolute Gasteiger partial charge is 0.238 e. The minimum atomic E-state index is -0.143. The molecule has 15 heavy (non-hydrogen) atoms. The second-order valence-electron chi connectivity index (χ2n) is 4.23. The molecule has 2 fully saturated rings. The molecule has 2 aliphatic rings. The molecule has 0 bridgehead atoms. The van der Waals surface area contributed by atoms with Gasteiger partial charge in [-0.15, -0.1) is 0 Å². The van der Waals surface area contributed by atoms with Crippen LogP contribution in [0.3, 0.4) is 0 Å². The summed E-state index contributed by atoms with van der Waals surface area (Å²) in [5.74, 6) is 3.52. The number of carbonyl (C=O) groups excluding carboxylic acids is 1. The van der Waals surface area contributed by atoms with Crippen LogP contribution < -0.4 is 0 Å². The fourth-order valence-electron chi connectivity index (χ4n) is 1.75. The predicted octanol–water partition coefficient (Wildman–Crippen LogP) is 1.42. The van der Waals surface area contributed by atoms with Gasteiger partial charge in [0.25, 0.3) is 0 Å². The third-order valence-corrected chi connectivity index (χ3v) is 3.93. The Balaban J connectivity index is 1.74. The normalized spacial score (nSPS) is 26.1. The van der Waals surface area contributed by atoms with Crippen molar-refractivity contribution in [2.24, 2.45) is 5.92 Å². The molecule has 0 amide bonds. The van der Waals surface area contributed by atoms with Crippen molar-refractivity contribution < 1.29 is 9.32 Å². The van der Waals surface area contributed by atoms with Gasteiger partial charge in [-0.25, -0.2) is 0 Å². The van der Waals surface area contributed by atoms with Crippen LogP contribution in [-0.2, 0) is 11.2 Å². The van der Waals surface area contributed by atoms with Gasteiger partial charge < -0.3 is 4.52 Å². The highest BCUT2D eigenvalue weighted by Crippen LogP contribution is 2.33. The molecule has 0 aromatic carbocycles. The Morgan fingerprint density at radius 3 is 3.00 bits per heavy atom. The van der Waals surface area contributed by atoms with Gasteiger partial charge in [-0.05, 0) is 18.8 Å². The Morgan fingerprint density at radius 1 is 1.47 bits per heavy atom. The number of Topliss-reactive ketones (excluding diaryl/α,β-unsaturated/α-hetero) is 1. The molecule has 4 nitrogen and oxygen atoms in total. The van der Waals surface area contributed by atoms with Gasteiger partial charge in [0.2, 0.25) is 5.89 Å². The molecule has 1 saturated carbocycles. The van der Waals surface area contributed by atoms with Crippen LogP contribution in [-0.4, -0.2) is 27.4 Å². The highest BCUT2D eigenvalue weighted by molar-refractivity contribution is 8.00. The van der Waals surface area contributed by atoms with Crippen LogP contribution >= 0.6 is 11.8 Å². The van der Waals surface area contributed by atoms with E-state index >= 15 is 0 Å². The lowest BCUT2D eigenvalue weighted by Gasteiger charge is -1.97. The van der Waals surface area contributed by atoms with Gasteiger partial charge in [0.15, 0.2) is 11.6 Å². The van der Waals surface area contributed by atoms with Crippen molar-refractivity contribution in [3.8, 4) is 0 Å². The molecule has 2 heterocycles. The van der Waals surface area contributed by atoms with Gasteiger partial charge in [0, 0.05) is 12.2 Å². The first-order valence-electron chi connectivity index (χ1n) is 5.26. The van der Waals surface area contributed by atoms with E-state index in [0.717, 1.165) is 23.9 Å². The van der Waals surface area contributed by atoms with E-state index < -0.39 is 0 Å². The summed E-state index contributed by atoms with van der Waals surface area (Å²) in [6.45, 7) is 0. The second-order valence-corrected chi connectivity index (χ2v) is 5.26. The Bertz CT molecular complexity index is 387. The standard InChI is InChI=1S/C10H12N2O2S/c13-8-5-15-4-7(8)10-11-9(12-14-10)3-6-1-2-6/h6-7H,1-5H2. The summed E-state index contributed by atoms with van der Waals surface area (Å²) >= 11 is 1.64. The number of nitrogens with zero attached hydrogens (tertiary/aromatic N) is 2. The lowest BCUT2D eigenvalue weighted by Crippen LogP contribution is -2.09. The first-order valence-corrected chi connectivity index (χ1v) is 6.41. The summed E-state index contributed by atoms with van der Waals surface area (Å²) in [4.78, 5) is 15.8. The Labute approximate surface area is 91.8 Å². The van der Waals surface area contributed by atoms with Crippen LogP contribution in [0.25, 0.3) is 0 Å². The average molecular weight is 224 g/mol. The molecule has 0 spiro atoms. The molecule has 5 heteroatoms. The van der Waals surface area contributed by atoms with Gasteiger partial charge in [-0.2, -0.15) is 16.7 Å². The number of hydrogen-bond donors (Lipinski definition) is 0. The summed E-state index contributed by atoms with van der Waals surface area (Å²) in [5.41, 5.74) is 0. The Kier molecular flexibility index (Phi) is 2.27. The van der Waals surface area contributed by atoms with Crippen LogP contribution in [0.1, 0.15) is 30.5 Å². The fourth-order valence-corrected chi connectivity index (χ4v) is 2.84. The fraction of sp³-hybridized carbons (Fsp3) is 0.700. The molecule has 80 valence electrons. The van der Waals surface area contributed by atoms with Crippen molar-refractivity contribution in [3.63, 3.8) is 0 Å². The molecule has 1 aromatic heterocycles. The molecule has 1 aliphatic heterocycles. The Morgan fingerprint density at radius 2 is 2.33 bits per heavy atom. The van der Waals surface area contributed by atoms with Crippen molar-refractivity contribution in [2.45, 2.75) is 25.2 Å². The monoisotopic (exact) mass is 224 g/mol. The molecule has 1 atom stereocenters. The maximum Gasteiger partial charge on any atom is 0.238 e. The molecule has 1 aliphatic carbocycles. The van der Waals surface area contributed by atoms with Crippen LogP contribution in [0.15, 0.2) is 4.52 Å². The number of thioether (sulfide) groups is 1. The molecular weight excluding hydrogens is 212 g/mol. The minimum absolute atomic E-state index is 0.143. The number of ketones is 1. The zero-order chi connectivity index (χ0) is 10.3. The lowest BCUT2D eigenvalue weighted by atomic mass is 10.1. The van der Waals surface area contributed by atoms with E-state index in [4.69, 9.17) is 4.52 Å². The Hall–Kier alpha value is -0.840. The van der Waals surface area contributed by atoms with Crippen LogP contribution in [0, 0.1) is 5.92 Å². The first kappa shape index (κ1) is 9.39. The highest BCUT2D eigenvalue weighted by atomic mass is 32.2. The molecular formula is C10H12N2O2S. The minimum Gasteiger partial charge on any atom is -0.339 e. The molecule has 0 radical (unpaired) electrons. The zero-order valence-electron chi connectivity index (χ0n) is 8.31. The predicted molar refractivity (Wildman–Crippen MR) is 55.8 cm³/mol. The van der Waals surface area contributed by atoms with Crippen molar-refractivity contribution in [1.82, 2.24) is 10.1 Å². The summed E-state index contributed by atoms with van der Waals surface area (Å²) in [6, 6.07) is 0. The van der Waals surface area contributed by atoms with Crippen molar-refractivity contribution in [3.05, 3.63) is 11.7 Å². The van der Waals surface area contributed by atoms with Gasteiger partial charge in [-0.1, -0.05) is 5.16 Å². The van der Waals surface area contributed by atoms with E-state index in [2.05, 4.69) is 10.1 Å². The third kappa shape index (κ3) is 1.93. The number of aromatic nitrogens is 2. The molecule has 1 aromatic rings. The van der Waals surface area contributed by atoms with E-state index in [1.807, 2.05) is 0 Å². The SMILES string of the molecule is O=C1CSCC1c1nc(CC2CC2)no1. The van der Waals surface area contributed by atoms with Gasteiger partial charge in [0.1, 0.15) is 5.92 Å². The third-order valence-electron chi connectivity index (χ3n) is 2.87. The van der Waals surface area contributed by atoms with Gasteiger partial charge in [0.05, 0.1) is 5.75 Å². The summed E-state index contributed by atoms with van der Waals surface area (Å²) in [7, 11) is 0. The summed E-state index contributed by atoms with van der Waals surface area (Å²) in [6.07, 6.45) is 3.47. The summed E-state index contributed by atoms with van der Waals surface area (Å²) in [5, 5.41) is 3.93. The van der Waals surface area contributed by atoms with Crippen molar-refractivity contribution in [2.75, 3.05) is 11.5 Å². The van der Waals surface area contributed by atoms with Crippen LogP contribution in [0.4, 0.5) is 0 Å². The quantitative estimate of drug-likeness (QED) is 0.777. The molecule has 1 unspecified atom stereocenters. The van der Waals surface area contributed by atoms with E-state index in [1.165, 1.54) is 12.8 Å². The first-order chi connectivity index (χ1) is 7.33. The van der Waals surface area contributed by atoms with Crippen molar-refractivity contribution >= 4 is 17.5 Å². The molecule has 3 rings (SSSR count). The van der Waals surface area contributed by atoms with Crippen LogP contribution in [0.5, 0.6) is 0 Å². The van der Waals surface area contributed by atoms with Gasteiger partial charge >= 0.3 is 0 Å². The van der Waals surface area contributed by atoms with Gasteiger partial charge in [-0.3, -0.25) is 4.79 Å². The number of hydrogen-bond acceptors (Lipinski definition) is 5. The molecule has 0 N–H and O–H groups in total. The second kappa shape index (κ2) is 3.63. The van der Waals surface area contributed by atoms with E-state index in [1.54, 1.807) is 11.8 Å². The zero-order valence-corrected chi connectivity index (χ0v) is 9.13. The summed E-state index contributed by atoms with van der Waals surface area (Å²) < 4.78 is 5.15. The largest absolute Gasteiger partial charge is 0.339 e. The highest BCUT2D eigenvalue weighted by Gasteiger charge is 2.32. The molecule has 1 saturated heterocycles. The number of carbonyl (C=O) groups is 1. The van der Waals surface area contributed by atoms with Crippen molar-refractivity contribution in [1.29, 1.82) is 0 Å². The van der Waals surface area contributed by atoms with E-state index in [9.17, 15) is 4.79 Å².